The van der Waals surface area contributed by atoms with Gasteiger partial charge in [-0.25, -0.2) is 8.93 Å². The van der Waals surface area contributed by atoms with E-state index in [1.165, 1.54) is 29.8 Å². The van der Waals surface area contributed by atoms with Gasteiger partial charge in [0.05, 0.1) is 22.0 Å². The summed E-state index contributed by atoms with van der Waals surface area (Å²) in [4.78, 5) is 23.3. The normalized spacial score (nSPS) is 18.2. The first-order valence-electron chi connectivity index (χ1n) is 12.8. The molecule has 0 radical (unpaired) electrons. The summed E-state index contributed by atoms with van der Waals surface area (Å²) in [6.07, 6.45) is 0.174. The number of hydrogen-bond acceptors (Lipinski definition) is 6. The van der Waals surface area contributed by atoms with Crippen molar-refractivity contribution in [3.05, 3.63) is 106 Å². The summed E-state index contributed by atoms with van der Waals surface area (Å²) in [6.45, 7) is 3.84. The largest absolute Gasteiger partial charge is 0.396 e. The molecule has 1 aliphatic carbocycles. The van der Waals surface area contributed by atoms with Crippen molar-refractivity contribution in [3.63, 3.8) is 0 Å². The number of carbonyl (C=O) groups excluding carboxylic acids is 1. The highest BCUT2D eigenvalue weighted by molar-refractivity contribution is 7.83. The highest BCUT2D eigenvalue weighted by Gasteiger charge is 2.33. The lowest BCUT2D eigenvalue weighted by Crippen LogP contribution is -2.38. The monoisotopic (exact) mass is 553 g/mol. The van der Waals surface area contributed by atoms with Gasteiger partial charge in [0.2, 0.25) is 5.91 Å². The van der Waals surface area contributed by atoms with Gasteiger partial charge < -0.3 is 15.5 Å². The summed E-state index contributed by atoms with van der Waals surface area (Å²) in [5, 5.41) is 33.7. The van der Waals surface area contributed by atoms with Gasteiger partial charge >= 0.3 is 0 Å². The molecule has 0 spiro atoms. The quantitative estimate of drug-likeness (QED) is 0.223. The molecule has 0 aliphatic heterocycles. The molecule has 3 aromatic carbocycles. The van der Waals surface area contributed by atoms with Crippen LogP contribution in [0, 0.1) is 28.9 Å². The second-order valence-electron chi connectivity index (χ2n) is 9.66. The standard InChI is InChI=1S/C22H27N3O6S.C7H8/c1-14(22(28)24-21-19-5-3-2-4-16(19)11-20(21)27)10-15(13-26)12-23-32(31)18-8-6-17(7-9-18)25(29)30;1-7-5-3-2-4-6-7/h2-9,14-15,20-21,23,26-27H,10-13H2,1H3,(H,24,28);2-6H,1H3. The van der Waals surface area contributed by atoms with Crippen LogP contribution >= 0.6 is 0 Å². The molecule has 5 unspecified atom stereocenters. The molecule has 4 N–H and O–H groups in total. The van der Waals surface area contributed by atoms with Crippen LogP contribution in [0.3, 0.4) is 0 Å². The Morgan fingerprint density at radius 3 is 2.31 bits per heavy atom. The number of nitrogens with one attached hydrogen (secondary N) is 2. The van der Waals surface area contributed by atoms with Gasteiger partial charge in [-0.2, -0.15) is 0 Å². The smallest absolute Gasteiger partial charge is 0.269 e. The van der Waals surface area contributed by atoms with Crippen LogP contribution in [0.2, 0.25) is 0 Å². The fourth-order valence-corrected chi connectivity index (χ4v) is 5.31. The Hall–Kier alpha value is -3.44. The molecule has 4 rings (SSSR count). The fraction of sp³-hybridized carbons (Fsp3) is 0.345. The maximum atomic E-state index is 12.7. The number of non-ortho nitro benzene ring substituents is 1. The number of rotatable bonds is 10. The molecule has 0 fully saturated rings. The van der Waals surface area contributed by atoms with Crippen molar-refractivity contribution in [1.29, 1.82) is 0 Å². The third kappa shape index (κ3) is 8.79. The van der Waals surface area contributed by atoms with Gasteiger partial charge in [-0.1, -0.05) is 67.1 Å². The number of nitro benzene ring substituents is 1. The molecular weight excluding hydrogens is 518 g/mol. The van der Waals surface area contributed by atoms with Gasteiger partial charge in [-0.3, -0.25) is 14.9 Å². The van der Waals surface area contributed by atoms with Crippen molar-refractivity contribution in [2.24, 2.45) is 11.8 Å². The molecular formula is C29H35N3O6S. The second kappa shape index (κ2) is 14.6. The summed E-state index contributed by atoms with van der Waals surface area (Å²) in [5.41, 5.74) is 3.17. The van der Waals surface area contributed by atoms with Gasteiger partial charge in [-0.05, 0) is 42.5 Å². The zero-order chi connectivity index (χ0) is 28.4. The van der Waals surface area contributed by atoms with Crippen molar-refractivity contribution < 1.29 is 24.1 Å². The van der Waals surface area contributed by atoms with Crippen LogP contribution in [0.4, 0.5) is 5.69 Å². The fourth-order valence-electron chi connectivity index (χ4n) is 4.38. The van der Waals surface area contributed by atoms with E-state index in [0.29, 0.717) is 17.7 Å². The minimum absolute atomic E-state index is 0.0890. The van der Waals surface area contributed by atoms with E-state index in [0.717, 1.165) is 11.1 Å². The Labute approximate surface area is 231 Å². The molecule has 3 aromatic rings. The summed E-state index contributed by atoms with van der Waals surface area (Å²) >= 11 is 0. The number of hydrogen-bond donors (Lipinski definition) is 4. The minimum Gasteiger partial charge on any atom is -0.396 e. The van der Waals surface area contributed by atoms with E-state index >= 15 is 0 Å². The number of nitro groups is 1. The zero-order valence-electron chi connectivity index (χ0n) is 22.0. The van der Waals surface area contributed by atoms with Crippen LogP contribution in [0.1, 0.15) is 36.1 Å². The molecule has 39 heavy (non-hydrogen) atoms. The Morgan fingerprint density at radius 1 is 1.08 bits per heavy atom. The van der Waals surface area contributed by atoms with E-state index in [1.807, 2.05) is 42.5 Å². The number of benzene rings is 3. The summed E-state index contributed by atoms with van der Waals surface area (Å²) < 4.78 is 15.2. The number of aliphatic hydroxyl groups is 2. The van der Waals surface area contributed by atoms with Crippen LogP contribution in [0.25, 0.3) is 0 Å². The number of fused-ring (bicyclic) bond motifs is 1. The van der Waals surface area contributed by atoms with E-state index in [4.69, 9.17) is 0 Å². The van der Waals surface area contributed by atoms with Crippen molar-refractivity contribution in [3.8, 4) is 0 Å². The van der Waals surface area contributed by atoms with Gasteiger partial charge in [0.25, 0.3) is 5.69 Å². The lowest BCUT2D eigenvalue weighted by molar-refractivity contribution is -0.384. The van der Waals surface area contributed by atoms with Crippen LogP contribution in [0.5, 0.6) is 0 Å². The predicted molar refractivity (Wildman–Crippen MR) is 150 cm³/mol. The maximum absolute atomic E-state index is 12.7. The highest BCUT2D eigenvalue weighted by Crippen LogP contribution is 2.31. The van der Waals surface area contributed by atoms with E-state index in [-0.39, 0.29) is 30.7 Å². The summed E-state index contributed by atoms with van der Waals surface area (Å²) in [7, 11) is -1.60. The van der Waals surface area contributed by atoms with E-state index in [9.17, 15) is 29.3 Å². The summed E-state index contributed by atoms with van der Waals surface area (Å²) in [5.74, 6) is -0.971. The predicted octanol–water partition coefficient (Wildman–Crippen LogP) is 3.61. The average molecular weight is 554 g/mol. The van der Waals surface area contributed by atoms with Gasteiger partial charge in [-0.15, -0.1) is 0 Å². The minimum atomic E-state index is -1.60. The van der Waals surface area contributed by atoms with Crippen LogP contribution < -0.4 is 10.0 Å². The molecule has 1 amide bonds. The van der Waals surface area contributed by atoms with Crippen molar-refractivity contribution >= 4 is 22.6 Å². The van der Waals surface area contributed by atoms with Gasteiger partial charge in [0.15, 0.2) is 0 Å². The number of amides is 1. The Bertz CT molecular complexity index is 1260. The number of aryl methyl sites for hydroxylation is 1. The second-order valence-corrected chi connectivity index (χ2v) is 11.0. The number of aliphatic hydroxyl groups excluding tert-OH is 2. The Balaban J connectivity index is 0.000000520. The van der Waals surface area contributed by atoms with E-state index < -0.39 is 34.0 Å². The molecule has 0 heterocycles. The molecule has 1 aliphatic rings. The van der Waals surface area contributed by atoms with Crippen molar-refractivity contribution in [2.45, 2.75) is 43.7 Å². The molecule has 208 valence electrons. The SMILES string of the molecule is CC(CC(CO)CNS(=O)c1ccc([N+](=O)[O-])cc1)C(=O)NC1c2ccccc2CC1O.Cc1ccccc1. The molecule has 5 atom stereocenters. The van der Waals surface area contributed by atoms with Crippen LogP contribution in [-0.2, 0) is 22.2 Å². The first-order valence-corrected chi connectivity index (χ1v) is 13.9. The molecule has 0 bridgehead atoms. The first-order chi connectivity index (χ1) is 18.7. The Kier molecular flexibility index (Phi) is 11.3. The van der Waals surface area contributed by atoms with E-state index in [1.54, 1.807) is 6.92 Å². The van der Waals surface area contributed by atoms with Crippen molar-refractivity contribution in [1.82, 2.24) is 10.0 Å². The Morgan fingerprint density at radius 2 is 1.72 bits per heavy atom. The van der Waals surface area contributed by atoms with Crippen LogP contribution in [0.15, 0.2) is 83.8 Å². The van der Waals surface area contributed by atoms with Gasteiger partial charge in [0.1, 0.15) is 11.0 Å². The number of nitrogens with zero attached hydrogens (tertiary/aromatic N) is 1. The van der Waals surface area contributed by atoms with Crippen molar-refractivity contribution in [2.75, 3.05) is 13.2 Å². The molecule has 0 saturated heterocycles. The molecule has 0 saturated carbocycles. The van der Waals surface area contributed by atoms with Gasteiger partial charge in [0, 0.05) is 37.6 Å². The maximum Gasteiger partial charge on any atom is 0.269 e. The topological polar surface area (TPSA) is 142 Å². The lowest BCUT2D eigenvalue weighted by atomic mass is 9.95. The summed E-state index contributed by atoms with van der Waals surface area (Å²) in [6, 6.07) is 22.8. The third-order valence-corrected chi connectivity index (χ3v) is 7.73. The van der Waals surface area contributed by atoms with E-state index in [2.05, 4.69) is 29.1 Å². The lowest BCUT2D eigenvalue weighted by Gasteiger charge is -2.23. The first kappa shape index (κ1) is 30.1. The average Bonchev–Trinajstić information content (AvgIpc) is 3.26. The number of carbonyl (C=O) groups is 1. The zero-order valence-corrected chi connectivity index (χ0v) is 22.8. The molecule has 10 heteroatoms. The third-order valence-electron chi connectivity index (χ3n) is 6.60. The van der Waals surface area contributed by atoms with Crippen LogP contribution in [-0.4, -0.2) is 44.5 Å². The molecule has 0 aromatic heterocycles. The molecule has 9 nitrogen and oxygen atoms in total. The highest BCUT2D eigenvalue weighted by atomic mass is 32.2.